The van der Waals surface area contributed by atoms with Crippen LogP contribution in [0, 0.1) is 0 Å². The lowest BCUT2D eigenvalue weighted by Crippen LogP contribution is -2.31. The van der Waals surface area contributed by atoms with Gasteiger partial charge in [0.2, 0.25) is 10.0 Å². The molecule has 0 aliphatic heterocycles. The molecule has 1 atom stereocenters. The minimum absolute atomic E-state index is 0.135. The molecule has 33 heavy (non-hydrogen) atoms. The van der Waals surface area contributed by atoms with Crippen molar-refractivity contribution in [1.29, 1.82) is 0 Å². The van der Waals surface area contributed by atoms with Crippen LogP contribution in [0.3, 0.4) is 0 Å². The maximum Gasteiger partial charge on any atom is 0.316 e. The Balaban J connectivity index is 1.52. The molecule has 9 heteroatoms. The van der Waals surface area contributed by atoms with Gasteiger partial charge in [0, 0.05) is 11.7 Å². The molecule has 2 N–H and O–H groups in total. The van der Waals surface area contributed by atoms with E-state index < -0.39 is 15.4 Å². The Labute approximate surface area is 194 Å². The summed E-state index contributed by atoms with van der Waals surface area (Å²) >= 11 is 0. The molecule has 0 spiro atoms. The van der Waals surface area contributed by atoms with Gasteiger partial charge in [-0.1, -0.05) is 19.1 Å². The Hall–Kier alpha value is -2.91. The fourth-order valence-corrected chi connectivity index (χ4v) is 4.68. The number of esters is 1. The van der Waals surface area contributed by atoms with Crippen LogP contribution >= 0.6 is 0 Å². The topological polar surface area (TPSA) is 111 Å². The van der Waals surface area contributed by atoms with Gasteiger partial charge in [-0.25, -0.2) is 13.1 Å². The summed E-state index contributed by atoms with van der Waals surface area (Å²) in [6.07, 6.45) is 2.21. The Kier molecular flexibility index (Phi) is 7.76. The summed E-state index contributed by atoms with van der Waals surface area (Å²) in [6.45, 7) is 5.60. The Morgan fingerprint density at radius 3 is 2.21 bits per heavy atom. The number of carbonyl (C=O) groups excluding carboxylic acids is 2. The first-order valence-electron chi connectivity index (χ1n) is 11.0. The molecule has 0 bridgehead atoms. The van der Waals surface area contributed by atoms with Crippen molar-refractivity contribution in [3.8, 4) is 5.75 Å². The van der Waals surface area contributed by atoms with E-state index in [9.17, 15) is 18.0 Å². The number of sulfonamides is 1. The lowest BCUT2D eigenvalue weighted by atomic mass is 9.96. The first-order valence-corrected chi connectivity index (χ1v) is 12.5. The summed E-state index contributed by atoms with van der Waals surface area (Å²) in [5, 5.41) is 2.74. The van der Waals surface area contributed by atoms with Crippen LogP contribution in [0.15, 0.2) is 53.4 Å². The molecule has 1 aliphatic rings. The van der Waals surface area contributed by atoms with Crippen molar-refractivity contribution in [3.63, 3.8) is 0 Å². The van der Waals surface area contributed by atoms with E-state index >= 15 is 0 Å². The van der Waals surface area contributed by atoms with Crippen LogP contribution in [0.4, 0.5) is 5.69 Å². The minimum atomic E-state index is -3.59. The zero-order valence-electron chi connectivity index (χ0n) is 19.1. The summed E-state index contributed by atoms with van der Waals surface area (Å²) in [7, 11) is -3.59. The average molecular weight is 475 g/mol. The van der Waals surface area contributed by atoms with Crippen LogP contribution in [-0.2, 0) is 29.8 Å². The number of amides is 1. The van der Waals surface area contributed by atoms with Gasteiger partial charge >= 0.3 is 5.97 Å². The molecular weight excluding hydrogens is 444 g/mol. The monoisotopic (exact) mass is 474 g/mol. The van der Waals surface area contributed by atoms with E-state index in [-0.39, 0.29) is 29.4 Å². The summed E-state index contributed by atoms with van der Waals surface area (Å²) in [6, 6.07) is 12.9. The average Bonchev–Trinajstić information content (AvgIpc) is 3.60. The van der Waals surface area contributed by atoms with Crippen molar-refractivity contribution in [3.05, 3.63) is 54.1 Å². The fraction of sp³-hybridized carbons (Fsp3) is 0.417. The van der Waals surface area contributed by atoms with Crippen LogP contribution in [-0.4, -0.2) is 39.5 Å². The second-order valence-corrected chi connectivity index (χ2v) is 9.83. The van der Waals surface area contributed by atoms with Crippen molar-refractivity contribution in [2.24, 2.45) is 0 Å². The molecule has 2 aromatic rings. The number of hydrogen-bond donors (Lipinski definition) is 2. The Morgan fingerprint density at radius 2 is 1.67 bits per heavy atom. The van der Waals surface area contributed by atoms with Crippen molar-refractivity contribution in [2.75, 3.05) is 18.5 Å². The van der Waals surface area contributed by atoms with Crippen LogP contribution in [0.5, 0.6) is 5.75 Å². The third-order valence-electron chi connectivity index (χ3n) is 5.61. The largest absolute Gasteiger partial charge is 0.484 e. The normalized spacial score (nSPS) is 15.4. The number of nitrogens with one attached hydrogen (secondary N) is 2. The molecule has 1 aliphatic carbocycles. The van der Waals surface area contributed by atoms with Crippen LogP contribution in [0.2, 0.25) is 0 Å². The molecule has 0 aromatic heterocycles. The van der Waals surface area contributed by atoms with Crippen molar-refractivity contribution >= 4 is 27.6 Å². The van der Waals surface area contributed by atoms with Gasteiger partial charge in [-0.2, -0.15) is 0 Å². The summed E-state index contributed by atoms with van der Waals surface area (Å²) in [4.78, 5) is 24.6. The molecule has 1 saturated carbocycles. The Bertz CT molecular complexity index is 1080. The fourth-order valence-electron chi connectivity index (χ4n) is 3.35. The molecule has 0 heterocycles. The molecule has 178 valence electrons. The summed E-state index contributed by atoms with van der Waals surface area (Å²) < 4.78 is 37.8. The Morgan fingerprint density at radius 1 is 1.03 bits per heavy atom. The van der Waals surface area contributed by atoms with Gasteiger partial charge in [-0.05, 0) is 75.1 Å². The predicted octanol–water partition coefficient (Wildman–Crippen LogP) is 3.38. The van der Waals surface area contributed by atoms with E-state index in [0.29, 0.717) is 24.5 Å². The van der Waals surface area contributed by atoms with Gasteiger partial charge in [-0.3, -0.25) is 9.59 Å². The second-order valence-electron chi connectivity index (χ2n) is 8.12. The van der Waals surface area contributed by atoms with E-state index in [0.717, 1.165) is 18.4 Å². The quantitative estimate of drug-likeness (QED) is 0.483. The molecule has 0 unspecified atom stereocenters. The van der Waals surface area contributed by atoms with Crippen LogP contribution in [0.25, 0.3) is 0 Å². The van der Waals surface area contributed by atoms with Crippen molar-refractivity contribution in [2.45, 2.75) is 56.4 Å². The molecule has 8 nitrogen and oxygen atoms in total. The molecule has 0 saturated heterocycles. The summed E-state index contributed by atoms with van der Waals surface area (Å²) in [5.74, 6) is -0.179. The molecular formula is C24H30N2O6S. The predicted molar refractivity (Wildman–Crippen MR) is 125 cm³/mol. The molecule has 3 rings (SSSR count). The van der Waals surface area contributed by atoms with Gasteiger partial charge < -0.3 is 14.8 Å². The number of ether oxygens (including phenoxy) is 2. The van der Waals surface area contributed by atoms with Gasteiger partial charge in [0.05, 0.1) is 16.9 Å². The van der Waals surface area contributed by atoms with Crippen molar-refractivity contribution < 1.29 is 27.5 Å². The second kappa shape index (κ2) is 10.4. The maximum atomic E-state index is 12.3. The van der Waals surface area contributed by atoms with Gasteiger partial charge in [0.25, 0.3) is 5.91 Å². The number of benzene rings is 2. The van der Waals surface area contributed by atoms with Gasteiger partial charge in [0.1, 0.15) is 5.75 Å². The zero-order chi connectivity index (χ0) is 24.1. The van der Waals surface area contributed by atoms with Crippen LogP contribution < -0.4 is 14.8 Å². The highest BCUT2D eigenvalue weighted by Gasteiger charge is 2.52. The van der Waals surface area contributed by atoms with E-state index in [4.69, 9.17) is 9.47 Å². The third kappa shape index (κ3) is 6.11. The van der Waals surface area contributed by atoms with E-state index in [2.05, 4.69) is 10.0 Å². The van der Waals surface area contributed by atoms with Crippen LogP contribution in [0.1, 0.15) is 45.6 Å². The highest BCUT2D eigenvalue weighted by atomic mass is 32.2. The van der Waals surface area contributed by atoms with Crippen molar-refractivity contribution in [1.82, 2.24) is 4.72 Å². The zero-order valence-corrected chi connectivity index (χ0v) is 19.9. The first kappa shape index (κ1) is 24.7. The molecule has 1 amide bonds. The summed E-state index contributed by atoms with van der Waals surface area (Å²) in [5.41, 5.74) is 0.920. The lowest BCUT2D eigenvalue weighted by molar-refractivity contribution is -0.146. The van der Waals surface area contributed by atoms with E-state index in [1.807, 2.05) is 19.1 Å². The highest BCUT2D eigenvalue weighted by molar-refractivity contribution is 7.89. The minimum Gasteiger partial charge on any atom is -0.484 e. The smallest absolute Gasteiger partial charge is 0.316 e. The van der Waals surface area contributed by atoms with E-state index in [1.165, 1.54) is 24.3 Å². The molecule has 2 aromatic carbocycles. The standard InChI is InChI=1S/C24H30N2O6S/c1-4-17(3)26-33(29,30)21-12-10-20(11-13-21)32-16-22(27)25-19-8-6-18(7-9-19)24(14-15-24)23(28)31-5-2/h6-13,17,26H,4-5,14-16H2,1-3H3,(H,25,27)/t17-/m0/s1. The number of hydrogen-bond acceptors (Lipinski definition) is 6. The number of anilines is 1. The molecule has 1 fully saturated rings. The maximum absolute atomic E-state index is 12.3. The highest BCUT2D eigenvalue weighted by Crippen LogP contribution is 2.49. The molecule has 0 radical (unpaired) electrons. The number of carbonyl (C=O) groups is 2. The van der Waals surface area contributed by atoms with Gasteiger partial charge in [0.15, 0.2) is 6.61 Å². The number of rotatable bonds is 11. The van der Waals surface area contributed by atoms with E-state index in [1.54, 1.807) is 26.0 Å². The van der Waals surface area contributed by atoms with Gasteiger partial charge in [-0.15, -0.1) is 0 Å². The first-order chi connectivity index (χ1) is 15.7. The third-order valence-corrected chi connectivity index (χ3v) is 7.22. The SMILES string of the molecule is CCOC(=O)C1(c2ccc(NC(=O)COc3ccc(S(=O)(=O)N[C@@H](C)CC)cc3)cc2)CC1. The lowest BCUT2D eigenvalue weighted by Gasteiger charge is -2.15.